The zero-order chi connectivity index (χ0) is 20.9. The molecule has 1 aromatic carbocycles. The van der Waals surface area contributed by atoms with Crippen molar-refractivity contribution in [2.45, 2.75) is 45.7 Å². The number of amides is 3. The third-order valence-corrected chi connectivity index (χ3v) is 8.10. The lowest BCUT2D eigenvalue weighted by Gasteiger charge is -2.32. The molecule has 3 amide bonds. The number of likely N-dealkylation sites (tertiary alicyclic amines) is 1. The molecule has 29 heavy (non-hydrogen) atoms. The Balaban J connectivity index is 1.61. The van der Waals surface area contributed by atoms with E-state index >= 15 is 0 Å². The molecule has 0 saturated carbocycles. The summed E-state index contributed by atoms with van der Waals surface area (Å²) in [6.07, 6.45) is 1.93. The van der Waals surface area contributed by atoms with Gasteiger partial charge in [-0.05, 0) is 55.9 Å². The zero-order valence-corrected chi connectivity index (χ0v) is 18.1. The van der Waals surface area contributed by atoms with Gasteiger partial charge in [-0.2, -0.15) is 0 Å². The number of urea groups is 1. The second kappa shape index (κ2) is 7.31. The number of carbonyl (C=O) groups is 2. The molecule has 0 bridgehead atoms. The van der Waals surface area contributed by atoms with Gasteiger partial charge in [0.25, 0.3) is 0 Å². The lowest BCUT2D eigenvalue weighted by molar-refractivity contribution is -0.133. The summed E-state index contributed by atoms with van der Waals surface area (Å²) in [5.41, 5.74) is 2.74. The lowest BCUT2D eigenvalue weighted by Crippen LogP contribution is -2.47. The van der Waals surface area contributed by atoms with Crippen LogP contribution in [0.15, 0.2) is 18.2 Å². The van der Waals surface area contributed by atoms with Crippen molar-refractivity contribution in [2.24, 2.45) is 5.92 Å². The maximum absolute atomic E-state index is 13.3. The standard InChI is InChI=1S/C21H29N3O4S/c1-14-4-6-22(7-5-14)20(25)11-23-18-12-29(27,28)13-19(18)24(21(23)26)17-9-15(2)8-16(3)10-17/h8-10,14,18-19H,4-7,11-13H2,1-3H3/t18-,19-/m0/s1. The first-order chi connectivity index (χ1) is 13.6. The van der Waals surface area contributed by atoms with Crippen LogP contribution in [-0.4, -0.2) is 73.4 Å². The number of nitrogens with zero attached hydrogens (tertiary/aromatic N) is 3. The van der Waals surface area contributed by atoms with E-state index in [2.05, 4.69) is 6.92 Å². The summed E-state index contributed by atoms with van der Waals surface area (Å²) in [6.45, 7) is 7.45. The van der Waals surface area contributed by atoms with Crippen molar-refractivity contribution in [2.75, 3.05) is 36.0 Å². The minimum atomic E-state index is -3.25. The SMILES string of the molecule is Cc1cc(C)cc(N2C(=O)N(CC(=O)N3CCC(C)CC3)[C@H]3CS(=O)(=O)C[C@@H]32)c1. The van der Waals surface area contributed by atoms with E-state index in [1.54, 1.807) is 4.90 Å². The number of sulfone groups is 1. The summed E-state index contributed by atoms with van der Waals surface area (Å²) in [4.78, 5) is 31.1. The number of piperidine rings is 1. The van der Waals surface area contributed by atoms with Gasteiger partial charge < -0.3 is 9.80 Å². The smallest absolute Gasteiger partial charge is 0.325 e. The summed E-state index contributed by atoms with van der Waals surface area (Å²) in [5.74, 6) is 0.393. The van der Waals surface area contributed by atoms with E-state index in [0.717, 1.165) is 24.0 Å². The molecular weight excluding hydrogens is 390 g/mol. The maximum Gasteiger partial charge on any atom is 0.325 e. The Morgan fingerprint density at radius 3 is 2.24 bits per heavy atom. The molecule has 0 spiro atoms. The Morgan fingerprint density at radius 2 is 1.62 bits per heavy atom. The molecule has 0 N–H and O–H groups in total. The molecule has 3 saturated heterocycles. The first kappa shape index (κ1) is 20.2. The Labute approximate surface area is 172 Å². The second-order valence-electron chi connectivity index (χ2n) is 8.90. The van der Waals surface area contributed by atoms with Gasteiger partial charge in [-0.1, -0.05) is 13.0 Å². The normalized spacial score (nSPS) is 26.9. The summed E-state index contributed by atoms with van der Waals surface area (Å²) in [6, 6.07) is 4.66. The van der Waals surface area contributed by atoms with Crippen LogP contribution in [-0.2, 0) is 14.6 Å². The highest BCUT2D eigenvalue weighted by Gasteiger charge is 2.54. The van der Waals surface area contributed by atoms with Gasteiger partial charge in [-0.25, -0.2) is 13.2 Å². The molecule has 158 valence electrons. The average Bonchev–Trinajstić information content (AvgIpc) is 3.05. The molecule has 0 aromatic heterocycles. The van der Waals surface area contributed by atoms with Crippen molar-refractivity contribution < 1.29 is 18.0 Å². The zero-order valence-electron chi connectivity index (χ0n) is 17.3. The first-order valence-electron chi connectivity index (χ1n) is 10.3. The number of hydrogen-bond donors (Lipinski definition) is 0. The van der Waals surface area contributed by atoms with E-state index in [4.69, 9.17) is 0 Å². The Morgan fingerprint density at radius 1 is 1.03 bits per heavy atom. The number of rotatable bonds is 3. The van der Waals surface area contributed by atoms with Crippen LogP contribution >= 0.6 is 0 Å². The third kappa shape index (κ3) is 3.86. The first-order valence-corrected chi connectivity index (χ1v) is 12.1. The Bertz CT molecular complexity index is 917. The maximum atomic E-state index is 13.3. The minimum absolute atomic E-state index is 0.0504. The Kier molecular flexibility index (Phi) is 5.09. The van der Waals surface area contributed by atoms with Gasteiger partial charge in [-0.15, -0.1) is 0 Å². The molecule has 3 aliphatic heterocycles. The second-order valence-corrected chi connectivity index (χ2v) is 11.1. The highest BCUT2D eigenvalue weighted by Crippen LogP contribution is 2.35. The average molecular weight is 420 g/mol. The fourth-order valence-electron chi connectivity index (χ4n) is 4.86. The number of benzene rings is 1. The molecule has 1 aromatic rings. The van der Waals surface area contributed by atoms with Crippen molar-refractivity contribution >= 4 is 27.5 Å². The van der Waals surface area contributed by atoms with E-state index < -0.39 is 21.9 Å². The molecule has 3 aliphatic rings. The van der Waals surface area contributed by atoms with Crippen LogP contribution in [0.2, 0.25) is 0 Å². The van der Waals surface area contributed by atoms with Crippen LogP contribution in [0.3, 0.4) is 0 Å². The molecule has 0 radical (unpaired) electrons. The lowest BCUT2D eigenvalue weighted by atomic mass is 9.99. The Hall–Kier alpha value is -2.09. The highest BCUT2D eigenvalue weighted by atomic mass is 32.2. The van der Waals surface area contributed by atoms with Gasteiger partial charge in [0.2, 0.25) is 5.91 Å². The van der Waals surface area contributed by atoms with Crippen molar-refractivity contribution in [3.63, 3.8) is 0 Å². The van der Waals surface area contributed by atoms with Gasteiger partial charge in [0.15, 0.2) is 9.84 Å². The third-order valence-electron chi connectivity index (χ3n) is 6.40. The number of fused-ring (bicyclic) bond motifs is 1. The summed E-state index contributed by atoms with van der Waals surface area (Å²) >= 11 is 0. The monoisotopic (exact) mass is 419 g/mol. The van der Waals surface area contributed by atoms with Crippen LogP contribution in [0, 0.1) is 19.8 Å². The fraction of sp³-hybridized carbons (Fsp3) is 0.619. The topological polar surface area (TPSA) is 78.0 Å². The summed E-state index contributed by atoms with van der Waals surface area (Å²) < 4.78 is 24.7. The van der Waals surface area contributed by atoms with Crippen molar-refractivity contribution in [3.8, 4) is 0 Å². The van der Waals surface area contributed by atoms with Crippen molar-refractivity contribution in [1.82, 2.24) is 9.80 Å². The van der Waals surface area contributed by atoms with E-state index in [-0.39, 0.29) is 30.0 Å². The van der Waals surface area contributed by atoms with Crippen molar-refractivity contribution in [1.29, 1.82) is 0 Å². The quantitative estimate of drug-likeness (QED) is 0.702. The molecule has 0 aliphatic carbocycles. The van der Waals surface area contributed by atoms with Gasteiger partial charge in [0.1, 0.15) is 6.54 Å². The molecule has 0 unspecified atom stereocenters. The minimum Gasteiger partial charge on any atom is -0.341 e. The van der Waals surface area contributed by atoms with E-state index in [9.17, 15) is 18.0 Å². The number of hydrogen-bond acceptors (Lipinski definition) is 4. The van der Waals surface area contributed by atoms with Gasteiger partial charge in [-0.3, -0.25) is 9.69 Å². The van der Waals surface area contributed by atoms with Gasteiger partial charge >= 0.3 is 6.03 Å². The van der Waals surface area contributed by atoms with Crippen LogP contribution in [0.5, 0.6) is 0 Å². The molecule has 7 nitrogen and oxygen atoms in total. The fourth-order valence-corrected chi connectivity index (χ4v) is 6.81. The van der Waals surface area contributed by atoms with E-state index in [1.807, 2.05) is 36.9 Å². The number of carbonyl (C=O) groups excluding carboxylic acids is 2. The van der Waals surface area contributed by atoms with Crippen LogP contribution in [0.4, 0.5) is 10.5 Å². The molecule has 3 fully saturated rings. The van der Waals surface area contributed by atoms with Crippen LogP contribution in [0.25, 0.3) is 0 Å². The van der Waals surface area contributed by atoms with E-state index in [0.29, 0.717) is 24.7 Å². The molecular formula is C21H29N3O4S. The predicted octanol–water partition coefficient (Wildman–Crippen LogP) is 1.97. The molecule has 4 rings (SSSR count). The summed E-state index contributed by atoms with van der Waals surface area (Å²) in [5, 5.41) is 0. The van der Waals surface area contributed by atoms with Gasteiger partial charge in [0.05, 0.1) is 23.6 Å². The predicted molar refractivity (Wildman–Crippen MR) is 112 cm³/mol. The molecule has 2 atom stereocenters. The number of aryl methyl sites for hydroxylation is 2. The molecule has 3 heterocycles. The van der Waals surface area contributed by atoms with Gasteiger partial charge in [0, 0.05) is 18.8 Å². The largest absolute Gasteiger partial charge is 0.341 e. The van der Waals surface area contributed by atoms with E-state index in [1.165, 1.54) is 4.90 Å². The van der Waals surface area contributed by atoms with Crippen LogP contribution < -0.4 is 4.90 Å². The highest BCUT2D eigenvalue weighted by molar-refractivity contribution is 7.91. The number of anilines is 1. The van der Waals surface area contributed by atoms with Crippen LogP contribution in [0.1, 0.15) is 30.9 Å². The molecule has 8 heteroatoms. The van der Waals surface area contributed by atoms with Crippen molar-refractivity contribution in [3.05, 3.63) is 29.3 Å². The summed E-state index contributed by atoms with van der Waals surface area (Å²) in [7, 11) is -3.25.